The highest BCUT2D eigenvalue weighted by atomic mass is 35.5. The molecular weight excluding hydrogens is 217 g/mol. The van der Waals surface area contributed by atoms with Gasteiger partial charge in [0.2, 0.25) is 0 Å². The van der Waals surface area contributed by atoms with E-state index in [0.29, 0.717) is 5.69 Å². The fraction of sp³-hybridized carbons (Fsp3) is 0.143. The summed E-state index contributed by atoms with van der Waals surface area (Å²) in [7, 11) is 0. The van der Waals surface area contributed by atoms with E-state index < -0.39 is 6.16 Å². The minimum Gasteiger partial charge on any atom is -0.449 e. The second-order valence-electron chi connectivity index (χ2n) is 2.23. The molecule has 0 fully saturated rings. The Morgan fingerprint density at radius 1 is 1.62 bits per heavy atom. The standard InChI is InChI=1S/C7H5Cl2NO3/c1-3-2-4(8)5(6(9)10-3)13-7(11)12/h2H,1H3,(H,11,12). The van der Waals surface area contributed by atoms with Crippen molar-refractivity contribution in [3.8, 4) is 5.75 Å². The van der Waals surface area contributed by atoms with Gasteiger partial charge in [-0.3, -0.25) is 0 Å². The maximum atomic E-state index is 10.2. The highest BCUT2D eigenvalue weighted by Crippen LogP contribution is 2.31. The molecule has 0 bridgehead atoms. The van der Waals surface area contributed by atoms with Crippen LogP contribution in [0.3, 0.4) is 0 Å². The third-order valence-corrected chi connectivity index (χ3v) is 1.74. The Morgan fingerprint density at radius 3 is 2.69 bits per heavy atom. The molecule has 0 aliphatic carbocycles. The van der Waals surface area contributed by atoms with E-state index >= 15 is 0 Å². The average molecular weight is 222 g/mol. The molecule has 6 heteroatoms. The van der Waals surface area contributed by atoms with Crippen LogP contribution in [0.15, 0.2) is 6.07 Å². The summed E-state index contributed by atoms with van der Waals surface area (Å²) in [4.78, 5) is 14.0. The van der Waals surface area contributed by atoms with Crippen molar-refractivity contribution >= 4 is 29.4 Å². The van der Waals surface area contributed by atoms with Crippen molar-refractivity contribution in [3.05, 3.63) is 21.9 Å². The summed E-state index contributed by atoms with van der Waals surface area (Å²) in [5.41, 5.74) is 0.590. The lowest BCUT2D eigenvalue weighted by Crippen LogP contribution is -2.04. The number of ether oxygens (including phenoxy) is 1. The van der Waals surface area contributed by atoms with Crippen LogP contribution in [0.2, 0.25) is 10.2 Å². The fourth-order valence-electron chi connectivity index (χ4n) is 0.764. The zero-order valence-corrected chi connectivity index (χ0v) is 8.06. The number of aryl methyl sites for hydroxylation is 1. The molecule has 1 aromatic rings. The molecule has 0 saturated carbocycles. The van der Waals surface area contributed by atoms with Crippen molar-refractivity contribution in [2.24, 2.45) is 0 Å². The van der Waals surface area contributed by atoms with Gasteiger partial charge in [-0.15, -0.1) is 0 Å². The molecule has 1 rings (SSSR count). The van der Waals surface area contributed by atoms with E-state index in [9.17, 15) is 4.79 Å². The van der Waals surface area contributed by atoms with Gasteiger partial charge in [-0.25, -0.2) is 9.78 Å². The quantitative estimate of drug-likeness (QED) is 0.586. The fourth-order valence-corrected chi connectivity index (χ4v) is 1.37. The molecule has 0 saturated heterocycles. The summed E-state index contributed by atoms with van der Waals surface area (Å²) in [6.07, 6.45) is -1.48. The Bertz CT molecular complexity index is 331. The van der Waals surface area contributed by atoms with Gasteiger partial charge in [0, 0.05) is 5.69 Å². The summed E-state index contributed by atoms with van der Waals surface area (Å²) in [5, 5.41) is 8.38. The molecule has 1 heterocycles. The van der Waals surface area contributed by atoms with E-state index in [-0.39, 0.29) is 15.9 Å². The largest absolute Gasteiger partial charge is 0.511 e. The van der Waals surface area contributed by atoms with Crippen molar-refractivity contribution in [1.82, 2.24) is 4.98 Å². The van der Waals surface area contributed by atoms with Crippen LogP contribution in [0.25, 0.3) is 0 Å². The van der Waals surface area contributed by atoms with Gasteiger partial charge in [0.25, 0.3) is 0 Å². The van der Waals surface area contributed by atoms with Gasteiger partial charge < -0.3 is 9.84 Å². The van der Waals surface area contributed by atoms with E-state index in [1.54, 1.807) is 6.92 Å². The predicted molar refractivity (Wildman–Crippen MR) is 47.6 cm³/mol. The molecule has 0 radical (unpaired) electrons. The van der Waals surface area contributed by atoms with Gasteiger partial charge in [0.15, 0.2) is 10.9 Å². The monoisotopic (exact) mass is 221 g/mol. The number of nitrogens with zero attached hydrogens (tertiary/aromatic N) is 1. The van der Waals surface area contributed by atoms with Gasteiger partial charge in [0.05, 0.1) is 5.02 Å². The summed E-state index contributed by atoms with van der Waals surface area (Å²) in [5.74, 6) is -0.138. The Morgan fingerprint density at radius 2 is 2.23 bits per heavy atom. The molecule has 0 amide bonds. The lowest BCUT2D eigenvalue weighted by atomic mass is 10.4. The molecule has 0 spiro atoms. The predicted octanol–water partition coefficient (Wildman–Crippen LogP) is 2.75. The summed E-state index contributed by atoms with van der Waals surface area (Å²) in [6.45, 7) is 1.68. The van der Waals surface area contributed by atoms with Gasteiger partial charge in [-0.1, -0.05) is 23.2 Å². The number of hydrogen-bond acceptors (Lipinski definition) is 3. The van der Waals surface area contributed by atoms with Crippen molar-refractivity contribution in [2.75, 3.05) is 0 Å². The SMILES string of the molecule is Cc1cc(Cl)c(OC(=O)O)c(Cl)n1. The molecular formula is C7H5Cl2NO3. The summed E-state index contributed by atoms with van der Waals surface area (Å²) >= 11 is 11.3. The van der Waals surface area contributed by atoms with E-state index in [4.69, 9.17) is 28.3 Å². The Balaban J connectivity index is 3.13. The Labute approximate surface area is 84.1 Å². The highest BCUT2D eigenvalue weighted by molar-refractivity contribution is 6.36. The molecule has 0 aliphatic rings. The van der Waals surface area contributed by atoms with Crippen LogP contribution in [0.1, 0.15) is 5.69 Å². The number of carbonyl (C=O) groups is 1. The first-order chi connectivity index (χ1) is 6.00. The molecule has 4 nitrogen and oxygen atoms in total. The first-order valence-electron chi connectivity index (χ1n) is 3.24. The van der Waals surface area contributed by atoms with Crippen molar-refractivity contribution in [2.45, 2.75) is 6.92 Å². The Hall–Kier alpha value is -1.000. The van der Waals surface area contributed by atoms with E-state index in [1.807, 2.05) is 0 Å². The number of carboxylic acid groups (broad SMARTS) is 1. The number of hydrogen-bond donors (Lipinski definition) is 1. The van der Waals surface area contributed by atoms with Crippen LogP contribution in [0.4, 0.5) is 4.79 Å². The normalized spacial score (nSPS) is 9.77. The van der Waals surface area contributed by atoms with Gasteiger partial charge in [-0.05, 0) is 13.0 Å². The third kappa shape index (κ3) is 2.47. The van der Waals surface area contributed by atoms with Crippen LogP contribution < -0.4 is 4.74 Å². The van der Waals surface area contributed by atoms with Crippen molar-refractivity contribution in [3.63, 3.8) is 0 Å². The van der Waals surface area contributed by atoms with Crippen LogP contribution in [-0.2, 0) is 0 Å². The molecule has 1 aromatic heterocycles. The molecule has 70 valence electrons. The van der Waals surface area contributed by atoms with Gasteiger partial charge >= 0.3 is 6.16 Å². The lowest BCUT2D eigenvalue weighted by Gasteiger charge is -2.04. The maximum Gasteiger partial charge on any atom is 0.511 e. The topological polar surface area (TPSA) is 59.4 Å². The van der Waals surface area contributed by atoms with Crippen LogP contribution in [0, 0.1) is 6.92 Å². The molecule has 1 N–H and O–H groups in total. The number of halogens is 2. The number of pyridine rings is 1. The average Bonchev–Trinajstić information content (AvgIpc) is 1.96. The van der Waals surface area contributed by atoms with Gasteiger partial charge in [0.1, 0.15) is 0 Å². The van der Waals surface area contributed by atoms with E-state index in [0.717, 1.165) is 0 Å². The first kappa shape index (κ1) is 10.1. The zero-order valence-electron chi connectivity index (χ0n) is 6.54. The van der Waals surface area contributed by atoms with Crippen molar-refractivity contribution < 1.29 is 14.6 Å². The zero-order chi connectivity index (χ0) is 10.0. The lowest BCUT2D eigenvalue weighted by molar-refractivity contribution is 0.144. The molecule has 0 aliphatic heterocycles. The number of aromatic nitrogens is 1. The minimum atomic E-state index is -1.48. The second kappa shape index (κ2) is 3.81. The maximum absolute atomic E-state index is 10.2. The second-order valence-corrected chi connectivity index (χ2v) is 3.00. The minimum absolute atomic E-state index is 0.0626. The first-order valence-corrected chi connectivity index (χ1v) is 3.99. The Kier molecular flexibility index (Phi) is 2.95. The third-order valence-electron chi connectivity index (χ3n) is 1.20. The highest BCUT2D eigenvalue weighted by Gasteiger charge is 2.12. The van der Waals surface area contributed by atoms with E-state index in [2.05, 4.69) is 9.72 Å². The van der Waals surface area contributed by atoms with Crippen molar-refractivity contribution in [1.29, 1.82) is 0 Å². The molecule has 0 unspecified atom stereocenters. The molecule has 0 atom stereocenters. The molecule has 13 heavy (non-hydrogen) atoms. The summed E-state index contributed by atoms with van der Waals surface area (Å²) in [6, 6.07) is 1.46. The summed E-state index contributed by atoms with van der Waals surface area (Å²) < 4.78 is 4.32. The van der Waals surface area contributed by atoms with Crippen LogP contribution >= 0.6 is 23.2 Å². The van der Waals surface area contributed by atoms with Gasteiger partial charge in [-0.2, -0.15) is 0 Å². The molecule has 0 aromatic carbocycles. The van der Waals surface area contributed by atoms with E-state index in [1.165, 1.54) is 6.07 Å². The smallest absolute Gasteiger partial charge is 0.449 e. The number of rotatable bonds is 1. The van der Waals surface area contributed by atoms with Crippen LogP contribution in [0.5, 0.6) is 5.75 Å². The van der Waals surface area contributed by atoms with Crippen LogP contribution in [-0.4, -0.2) is 16.2 Å².